The summed E-state index contributed by atoms with van der Waals surface area (Å²) in [6.45, 7) is 0.852. The van der Waals surface area contributed by atoms with E-state index >= 15 is 0 Å². The number of carbonyl (C=O) groups excluding carboxylic acids is 1. The number of ketones is 1. The van der Waals surface area contributed by atoms with Gasteiger partial charge in [-0.1, -0.05) is 25.0 Å². The van der Waals surface area contributed by atoms with E-state index in [1.165, 1.54) is 7.11 Å². The van der Waals surface area contributed by atoms with Gasteiger partial charge in [0.05, 0.1) is 19.4 Å². The van der Waals surface area contributed by atoms with E-state index in [1.54, 1.807) is 31.3 Å². The van der Waals surface area contributed by atoms with Crippen LogP contribution >= 0.6 is 0 Å². The minimum absolute atomic E-state index is 0.0124. The van der Waals surface area contributed by atoms with Crippen molar-refractivity contribution in [3.05, 3.63) is 53.6 Å². The highest BCUT2D eigenvalue weighted by Crippen LogP contribution is 2.50. The van der Waals surface area contributed by atoms with E-state index in [2.05, 4.69) is 15.6 Å². The van der Waals surface area contributed by atoms with Crippen LogP contribution in [-0.2, 0) is 21.4 Å². The van der Waals surface area contributed by atoms with Gasteiger partial charge in [-0.2, -0.15) is 0 Å². The maximum absolute atomic E-state index is 12.9. The second-order valence-electron chi connectivity index (χ2n) is 13.7. The zero-order chi connectivity index (χ0) is 36.1. The molecule has 2 aromatic rings. The topological polar surface area (TPSA) is 188 Å². The van der Waals surface area contributed by atoms with Gasteiger partial charge in [0.15, 0.2) is 41.0 Å². The van der Waals surface area contributed by atoms with E-state index in [1.807, 2.05) is 25.3 Å². The molecule has 2 fully saturated rings. The number of hydrogen-bond donors (Lipinski definition) is 7. The predicted octanol–water partition coefficient (Wildman–Crippen LogP) is 4.67. The number of aryl methyl sites for hydroxylation is 1. The van der Waals surface area contributed by atoms with Crippen LogP contribution in [0.3, 0.4) is 0 Å². The highest BCUT2D eigenvalue weighted by molar-refractivity contribution is 5.94. The Hall–Kier alpha value is -3.84. The number of nitrogens with one attached hydrogen (secondary N) is 2. The van der Waals surface area contributed by atoms with Gasteiger partial charge in [-0.3, -0.25) is 9.79 Å². The number of phenols is 2. The number of nitrogens with zero attached hydrogens (tertiary/aromatic N) is 1. The van der Waals surface area contributed by atoms with Gasteiger partial charge in [0.2, 0.25) is 0 Å². The number of aliphatic imine (C=N–C) groups is 1. The molecule has 3 atom stereocenters. The van der Waals surface area contributed by atoms with Crippen LogP contribution in [0.5, 0.6) is 23.0 Å². The van der Waals surface area contributed by atoms with Gasteiger partial charge in [0, 0.05) is 33.0 Å². The fourth-order valence-electron chi connectivity index (χ4n) is 7.47. The molecule has 2 saturated carbocycles. The fourth-order valence-corrected chi connectivity index (χ4v) is 7.47. The Labute approximate surface area is 295 Å². The molecule has 0 bridgehead atoms. The van der Waals surface area contributed by atoms with Crippen LogP contribution in [0.4, 0.5) is 5.69 Å². The third-order valence-corrected chi connectivity index (χ3v) is 10.1. The largest absolute Gasteiger partial charge is 0.504 e. The van der Waals surface area contributed by atoms with Crippen LogP contribution < -0.4 is 25.8 Å². The third kappa shape index (κ3) is 10.3. The van der Waals surface area contributed by atoms with Crippen molar-refractivity contribution in [1.82, 2.24) is 5.32 Å². The number of methoxy groups -OCH3 is 1. The molecule has 276 valence electrons. The number of rotatable bonds is 19. The van der Waals surface area contributed by atoms with Crippen LogP contribution in [0, 0.1) is 5.92 Å². The van der Waals surface area contributed by atoms with E-state index < -0.39 is 11.9 Å². The molecule has 0 aromatic heterocycles. The SMILES string of the molecule is CN=C(N)Nc1cc(C2(CC=CC(=O)CCc3ccc(O)c(OC)c3)CCCC2)cc(OC2(CNC)CCC(CC(O)OCCCO)C2)c1O. The Kier molecular flexibility index (Phi) is 14.3. The monoisotopic (exact) mass is 696 g/mol. The zero-order valence-electron chi connectivity index (χ0n) is 29.7. The van der Waals surface area contributed by atoms with Gasteiger partial charge < -0.3 is 51.0 Å². The quantitative estimate of drug-likeness (QED) is 0.0270. The molecule has 12 heteroatoms. The lowest BCUT2D eigenvalue weighted by atomic mass is 9.75. The molecule has 8 N–H and O–H groups in total. The normalized spacial score (nSPS) is 21.1. The molecule has 2 aliphatic rings. The summed E-state index contributed by atoms with van der Waals surface area (Å²) in [6, 6.07) is 8.97. The Bertz CT molecular complexity index is 1470. The molecule has 0 saturated heterocycles. The number of ether oxygens (including phenoxy) is 3. The van der Waals surface area contributed by atoms with Gasteiger partial charge in [-0.05, 0) is 111 Å². The van der Waals surface area contributed by atoms with Crippen molar-refractivity contribution in [2.75, 3.05) is 46.3 Å². The maximum Gasteiger partial charge on any atom is 0.192 e. The fraction of sp³-hybridized carbons (Fsp3) is 0.579. The summed E-state index contributed by atoms with van der Waals surface area (Å²) in [4.78, 5) is 16.9. The van der Waals surface area contributed by atoms with Crippen molar-refractivity contribution in [2.45, 2.75) is 94.4 Å². The molecule has 4 rings (SSSR count). The Morgan fingerprint density at radius 1 is 1.16 bits per heavy atom. The van der Waals surface area contributed by atoms with Gasteiger partial charge >= 0.3 is 0 Å². The van der Waals surface area contributed by atoms with Crippen molar-refractivity contribution in [3.63, 3.8) is 0 Å². The highest BCUT2D eigenvalue weighted by atomic mass is 16.6. The molecule has 12 nitrogen and oxygen atoms in total. The first kappa shape index (κ1) is 39.0. The summed E-state index contributed by atoms with van der Waals surface area (Å²) in [5.41, 5.74) is 7.48. The van der Waals surface area contributed by atoms with E-state index in [0.717, 1.165) is 49.7 Å². The van der Waals surface area contributed by atoms with Crippen LogP contribution in [-0.4, -0.2) is 85.0 Å². The van der Waals surface area contributed by atoms with Gasteiger partial charge in [-0.15, -0.1) is 0 Å². The summed E-state index contributed by atoms with van der Waals surface area (Å²) in [6.07, 6.45) is 11.3. The van der Waals surface area contributed by atoms with Gasteiger partial charge in [-0.25, -0.2) is 0 Å². The number of likely N-dealkylation sites (N-methyl/N-ethyl adjacent to an activating group) is 1. The first-order valence-electron chi connectivity index (χ1n) is 17.7. The van der Waals surface area contributed by atoms with E-state index in [0.29, 0.717) is 68.9 Å². The smallest absolute Gasteiger partial charge is 0.192 e. The lowest BCUT2D eigenvalue weighted by Crippen LogP contribution is -2.43. The number of benzene rings is 2. The lowest BCUT2D eigenvalue weighted by Gasteiger charge is -2.34. The molecule has 0 aliphatic heterocycles. The molecule has 0 spiro atoms. The van der Waals surface area contributed by atoms with Crippen LogP contribution in [0.1, 0.15) is 81.8 Å². The highest BCUT2D eigenvalue weighted by Gasteiger charge is 2.43. The standard InChI is InChI=1S/C38H56N4O8/c1-40-25-38(17-13-27(24-38)21-34(46)49-19-7-18-43)50-33-23-28(22-30(35(33)47)42-36(39)41-2)37(14-4-5-15-37)16-6-8-29(44)11-9-26-10-12-31(45)32(20-26)48-3/h6,8,10,12,20,22-23,27,34,40,43,45-47H,4-5,7,9,11,13-19,21,24-25H2,1-3H3,(H3,39,41,42). The predicted molar refractivity (Wildman–Crippen MR) is 194 cm³/mol. The van der Waals surface area contributed by atoms with Crippen molar-refractivity contribution < 1.29 is 39.4 Å². The van der Waals surface area contributed by atoms with Gasteiger partial charge in [0.1, 0.15) is 5.60 Å². The summed E-state index contributed by atoms with van der Waals surface area (Å²) >= 11 is 0. The minimum Gasteiger partial charge on any atom is -0.504 e. The average molecular weight is 697 g/mol. The first-order valence-corrected chi connectivity index (χ1v) is 17.7. The van der Waals surface area contributed by atoms with E-state index in [4.69, 9.17) is 25.1 Å². The second-order valence-corrected chi connectivity index (χ2v) is 13.7. The summed E-state index contributed by atoms with van der Waals surface area (Å²) in [5.74, 6) is 1.06. The zero-order valence-corrected chi connectivity index (χ0v) is 29.7. The number of phenolic OH excluding ortho intramolecular Hbond substituents is 2. The Balaban J connectivity index is 1.55. The molecule has 2 aliphatic carbocycles. The average Bonchev–Trinajstić information content (AvgIpc) is 3.74. The number of hydrogen-bond acceptors (Lipinski definition) is 10. The number of aliphatic hydroxyl groups excluding tert-OH is 2. The first-order chi connectivity index (χ1) is 24.1. The Morgan fingerprint density at radius 2 is 1.94 bits per heavy atom. The molecule has 3 unspecified atom stereocenters. The van der Waals surface area contributed by atoms with Crippen LogP contribution in [0.25, 0.3) is 0 Å². The Morgan fingerprint density at radius 3 is 2.64 bits per heavy atom. The van der Waals surface area contributed by atoms with Crippen molar-refractivity contribution in [3.8, 4) is 23.0 Å². The number of nitrogens with two attached hydrogens (primary N) is 1. The van der Waals surface area contributed by atoms with Crippen LogP contribution in [0.2, 0.25) is 0 Å². The van der Waals surface area contributed by atoms with Gasteiger partial charge in [0.25, 0.3) is 0 Å². The molecule has 0 radical (unpaired) electrons. The molecular weight excluding hydrogens is 640 g/mol. The number of guanidine groups is 1. The number of allylic oxidation sites excluding steroid dienone is 2. The third-order valence-electron chi connectivity index (χ3n) is 10.1. The number of anilines is 1. The summed E-state index contributed by atoms with van der Waals surface area (Å²) < 4.78 is 17.5. The molecule has 50 heavy (non-hydrogen) atoms. The number of carbonyl (C=O) groups is 1. The van der Waals surface area contributed by atoms with Crippen molar-refractivity contribution in [2.24, 2.45) is 16.6 Å². The minimum atomic E-state index is -0.917. The maximum atomic E-state index is 12.9. The molecule has 0 heterocycles. The summed E-state index contributed by atoms with van der Waals surface area (Å²) in [5, 5.41) is 47.2. The lowest BCUT2D eigenvalue weighted by molar-refractivity contribution is -0.114. The second kappa shape index (κ2) is 18.4. The molecule has 0 amide bonds. The van der Waals surface area contributed by atoms with E-state index in [9.17, 15) is 20.1 Å². The summed E-state index contributed by atoms with van der Waals surface area (Å²) in [7, 11) is 4.94. The van der Waals surface area contributed by atoms with Crippen LogP contribution in [0.15, 0.2) is 47.5 Å². The number of aromatic hydroxyl groups is 2. The van der Waals surface area contributed by atoms with E-state index in [-0.39, 0.29) is 41.2 Å². The van der Waals surface area contributed by atoms with Crippen molar-refractivity contribution >= 4 is 17.4 Å². The number of aliphatic hydroxyl groups is 2. The van der Waals surface area contributed by atoms with Crippen molar-refractivity contribution in [1.29, 1.82) is 0 Å². The molecule has 2 aromatic carbocycles. The molecular formula is C38H56N4O8.